The van der Waals surface area contributed by atoms with Crippen LogP contribution in [0.1, 0.15) is 26.5 Å². The molecule has 2 rings (SSSR count). The summed E-state index contributed by atoms with van der Waals surface area (Å²) in [5.74, 6) is 0.964. The standard InChI is InChI=1S/C15H21N3/c1-15(2,3)18-14-13-8-6-5-7-11(13)9-12(17-14)10-16-4/h5-9,16H,10H2,1-4H3,(H,17,18). The number of hydrogen-bond acceptors (Lipinski definition) is 3. The van der Waals surface area contributed by atoms with Crippen molar-refractivity contribution in [2.75, 3.05) is 12.4 Å². The molecule has 2 N–H and O–H groups in total. The number of fused-ring (bicyclic) bond motifs is 1. The maximum absolute atomic E-state index is 4.70. The molecule has 1 aromatic carbocycles. The van der Waals surface area contributed by atoms with Crippen LogP contribution in [0.3, 0.4) is 0 Å². The van der Waals surface area contributed by atoms with Gasteiger partial charge in [0.05, 0.1) is 5.69 Å². The zero-order chi connectivity index (χ0) is 13.2. The van der Waals surface area contributed by atoms with Crippen LogP contribution in [0.2, 0.25) is 0 Å². The lowest BCUT2D eigenvalue weighted by Gasteiger charge is -2.23. The van der Waals surface area contributed by atoms with Gasteiger partial charge in [0.1, 0.15) is 5.82 Å². The third-order valence-corrected chi connectivity index (χ3v) is 2.64. The summed E-state index contributed by atoms with van der Waals surface area (Å²) in [4.78, 5) is 4.70. The lowest BCUT2D eigenvalue weighted by atomic mass is 10.1. The average molecular weight is 243 g/mol. The molecule has 1 heterocycles. The van der Waals surface area contributed by atoms with E-state index in [1.807, 2.05) is 7.05 Å². The Balaban J connectivity index is 2.53. The smallest absolute Gasteiger partial charge is 0.134 e. The normalized spacial score (nSPS) is 11.8. The molecule has 18 heavy (non-hydrogen) atoms. The predicted octanol–water partition coefficient (Wildman–Crippen LogP) is 3.16. The summed E-state index contributed by atoms with van der Waals surface area (Å²) in [5.41, 5.74) is 1.07. The van der Waals surface area contributed by atoms with Gasteiger partial charge in [0, 0.05) is 17.5 Å². The van der Waals surface area contributed by atoms with E-state index < -0.39 is 0 Å². The fourth-order valence-electron chi connectivity index (χ4n) is 1.98. The Hall–Kier alpha value is -1.61. The third-order valence-electron chi connectivity index (χ3n) is 2.64. The minimum absolute atomic E-state index is 0.00797. The predicted molar refractivity (Wildman–Crippen MR) is 77.9 cm³/mol. The summed E-state index contributed by atoms with van der Waals surface area (Å²) in [6.45, 7) is 7.22. The maximum atomic E-state index is 4.70. The van der Waals surface area contributed by atoms with Crippen molar-refractivity contribution in [3.63, 3.8) is 0 Å². The largest absolute Gasteiger partial charge is 0.365 e. The summed E-state index contributed by atoms with van der Waals surface area (Å²) >= 11 is 0. The van der Waals surface area contributed by atoms with Gasteiger partial charge in [-0.25, -0.2) is 4.98 Å². The molecule has 0 aliphatic heterocycles. The molecular formula is C15H21N3. The molecule has 0 saturated heterocycles. The van der Waals surface area contributed by atoms with E-state index in [4.69, 9.17) is 4.98 Å². The molecule has 0 spiro atoms. The highest BCUT2D eigenvalue weighted by molar-refractivity contribution is 5.92. The third kappa shape index (κ3) is 2.99. The summed E-state index contributed by atoms with van der Waals surface area (Å²) in [6, 6.07) is 10.5. The van der Waals surface area contributed by atoms with E-state index in [9.17, 15) is 0 Å². The van der Waals surface area contributed by atoms with Gasteiger partial charge in [0.25, 0.3) is 0 Å². The Morgan fingerprint density at radius 2 is 1.89 bits per heavy atom. The van der Waals surface area contributed by atoms with Crippen molar-refractivity contribution in [1.82, 2.24) is 10.3 Å². The van der Waals surface area contributed by atoms with E-state index >= 15 is 0 Å². The lowest BCUT2D eigenvalue weighted by molar-refractivity contribution is 0.630. The molecule has 0 unspecified atom stereocenters. The topological polar surface area (TPSA) is 37.0 Å². The van der Waals surface area contributed by atoms with Crippen molar-refractivity contribution in [3.8, 4) is 0 Å². The zero-order valence-corrected chi connectivity index (χ0v) is 11.5. The zero-order valence-electron chi connectivity index (χ0n) is 11.5. The molecule has 1 aromatic heterocycles. The van der Waals surface area contributed by atoms with Gasteiger partial charge >= 0.3 is 0 Å². The molecule has 0 atom stereocenters. The molecule has 0 aliphatic carbocycles. The molecule has 3 heteroatoms. The maximum Gasteiger partial charge on any atom is 0.134 e. The first-order valence-corrected chi connectivity index (χ1v) is 6.31. The second-order valence-electron chi connectivity index (χ2n) is 5.59. The average Bonchev–Trinajstić information content (AvgIpc) is 2.27. The van der Waals surface area contributed by atoms with Crippen LogP contribution in [0.4, 0.5) is 5.82 Å². The number of rotatable bonds is 3. The number of nitrogens with zero attached hydrogens (tertiary/aromatic N) is 1. The first-order chi connectivity index (χ1) is 8.49. The second-order valence-corrected chi connectivity index (χ2v) is 5.59. The van der Waals surface area contributed by atoms with Gasteiger partial charge in [0.2, 0.25) is 0 Å². The van der Waals surface area contributed by atoms with Crippen molar-refractivity contribution >= 4 is 16.6 Å². The Kier molecular flexibility index (Phi) is 3.53. The van der Waals surface area contributed by atoms with Gasteiger partial charge in [-0.2, -0.15) is 0 Å². The van der Waals surface area contributed by atoms with Crippen molar-refractivity contribution in [3.05, 3.63) is 36.0 Å². The van der Waals surface area contributed by atoms with Crippen LogP contribution in [0, 0.1) is 0 Å². The Morgan fingerprint density at radius 3 is 2.56 bits per heavy atom. The van der Waals surface area contributed by atoms with Crippen LogP contribution in [-0.4, -0.2) is 17.6 Å². The van der Waals surface area contributed by atoms with E-state index in [-0.39, 0.29) is 5.54 Å². The molecule has 0 radical (unpaired) electrons. The minimum atomic E-state index is 0.00797. The fourth-order valence-corrected chi connectivity index (χ4v) is 1.98. The van der Waals surface area contributed by atoms with Crippen LogP contribution in [0.25, 0.3) is 10.8 Å². The molecule has 0 amide bonds. The molecule has 96 valence electrons. The van der Waals surface area contributed by atoms with Crippen LogP contribution in [0.5, 0.6) is 0 Å². The second kappa shape index (κ2) is 4.94. The van der Waals surface area contributed by atoms with Crippen LogP contribution in [-0.2, 0) is 6.54 Å². The van der Waals surface area contributed by atoms with E-state index in [2.05, 4.69) is 61.7 Å². The van der Waals surface area contributed by atoms with Crippen LogP contribution < -0.4 is 10.6 Å². The van der Waals surface area contributed by atoms with Gasteiger partial charge in [-0.05, 0) is 39.3 Å². The van der Waals surface area contributed by atoms with Crippen molar-refractivity contribution in [2.45, 2.75) is 32.9 Å². The van der Waals surface area contributed by atoms with Gasteiger partial charge in [0.15, 0.2) is 0 Å². The molecular weight excluding hydrogens is 222 g/mol. The van der Waals surface area contributed by atoms with E-state index in [1.165, 1.54) is 10.8 Å². The minimum Gasteiger partial charge on any atom is -0.365 e. The van der Waals surface area contributed by atoms with Crippen LogP contribution >= 0.6 is 0 Å². The number of aromatic nitrogens is 1. The molecule has 0 aliphatic rings. The summed E-state index contributed by atoms with van der Waals surface area (Å²) < 4.78 is 0. The van der Waals surface area contributed by atoms with Gasteiger partial charge in [-0.1, -0.05) is 24.3 Å². The number of nitrogens with one attached hydrogen (secondary N) is 2. The lowest BCUT2D eigenvalue weighted by Crippen LogP contribution is -2.27. The Morgan fingerprint density at radius 1 is 1.17 bits per heavy atom. The van der Waals surface area contributed by atoms with Gasteiger partial charge in [-0.15, -0.1) is 0 Å². The number of pyridine rings is 1. The van der Waals surface area contributed by atoms with Crippen molar-refractivity contribution < 1.29 is 0 Å². The molecule has 3 nitrogen and oxygen atoms in total. The SMILES string of the molecule is CNCc1cc2ccccc2c(NC(C)(C)C)n1. The molecule has 2 aromatic rings. The molecule has 0 fully saturated rings. The highest BCUT2D eigenvalue weighted by Gasteiger charge is 2.13. The van der Waals surface area contributed by atoms with Crippen LogP contribution in [0.15, 0.2) is 30.3 Å². The van der Waals surface area contributed by atoms with E-state index in [1.54, 1.807) is 0 Å². The quantitative estimate of drug-likeness (QED) is 0.869. The van der Waals surface area contributed by atoms with Gasteiger partial charge in [-0.3, -0.25) is 0 Å². The summed E-state index contributed by atoms with van der Waals surface area (Å²) in [7, 11) is 1.94. The first-order valence-electron chi connectivity index (χ1n) is 6.31. The fraction of sp³-hybridized carbons (Fsp3) is 0.400. The number of anilines is 1. The van der Waals surface area contributed by atoms with Gasteiger partial charge < -0.3 is 10.6 Å². The molecule has 0 saturated carbocycles. The number of hydrogen-bond donors (Lipinski definition) is 2. The first kappa shape index (κ1) is 12.8. The summed E-state index contributed by atoms with van der Waals surface area (Å²) in [6.07, 6.45) is 0. The Bertz CT molecular complexity index is 541. The monoisotopic (exact) mass is 243 g/mol. The van der Waals surface area contributed by atoms with E-state index in [0.29, 0.717) is 0 Å². The summed E-state index contributed by atoms with van der Waals surface area (Å²) in [5, 5.41) is 9.03. The highest BCUT2D eigenvalue weighted by Crippen LogP contribution is 2.24. The number of benzene rings is 1. The highest BCUT2D eigenvalue weighted by atomic mass is 15.0. The Labute approximate surface area is 109 Å². The van der Waals surface area contributed by atoms with E-state index in [0.717, 1.165) is 18.1 Å². The van der Waals surface area contributed by atoms with Crippen molar-refractivity contribution in [2.24, 2.45) is 0 Å². The molecule has 0 bridgehead atoms. The van der Waals surface area contributed by atoms with Crippen molar-refractivity contribution in [1.29, 1.82) is 0 Å².